The van der Waals surface area contributed by atoms with E-state index in [1.54, 1.807) is 0 Å². The van der Waals surface area contributed by atoms with Gasteiger partial charge in [-0.05, 0) is 24.7 Å². The van der Waals surface area contributed by atoms with Gasteiger partial charge in [-0.2, -0.15) is 0 Å². The normalized spacial score (nSPS) is 13.7. The fourth-order valence-electron chi connectivity index (χ4n) is 2.81. The van der Waals surface area contributed by atoms with Crippen molar-refractivity contribution in [3.05, 3.63) is 12.2 Å². The molecule has 24 heavy (non-hydrogen) atoms. The molecule has 0 saturated heterocycles. The Balaban J connectivity index is 3.89. The number of ether oxygens (including phenoxy) is 2. The summed E-state index contributed by atoms with van der Waals surface area (Å²) < 4.78 is 10.3. The summed E-state index contributed by atoms with van der Waals surface area (Å²) in [6, 6.07) is 0. The third-order valence-electron chi connectivity index (χ3n) is 4.44. The van der Waals surface area contributed by atoms with Crippen molar-refractivity contribution in [2.75, 3.05) is 13.2 Å². The number of rotatable bonds is 14. The van der Waals surface area contributed by atoms with Crippen LogP contribution >= 0.6 is 0 Å². The number of carbonyl (C=O) groups excluding carboxylic acids is 2. The topological polar surface area (TPSA) is 52.6 Å². The van der Waals surface area contributed by atoms with E-state index in [9.17, 15) is 9.59 Å². The Kier molecular flexibility index (Phi) is 14.4. The third kappa shape index (κ3) is 12.1. The van der Waals surface area contributed by atoms with Gasteiger partial charge < -0.3 is 9.47 Å². The lowest BCUT2D eigenvalue weighted by Gasteiger charge is -2.13. The van der Waals surface area contributed by atoms with E-state index in [0.29, 0.717) is 25.0 Å². The molecule has 0 bridgehead atoms. The molecule has 0 aliphatic heterocycles. The van der Waals surface area contributed by atoms with Gasteiger partial charge in [-0.15, -0.1) is 0 Å². The van der Waals surface area contributed by atoms with Crippen LogP contribution in [0.4, 0.5) is 0 Å². The van der Waals surface area contributed by atoms with Crippen LogP contribution in [0.15, 0.2) is 12.2 Å². The summed E-state index contributed by atoms with van der Waals surface area (Å²) in [6.45, 7) is 9.45. The van der Waals surface area contributed by atoms with Crippen LogP contribution in [0, 0.1) is 11.8 Å². The highest BCUT2D eigenvalue weighted by atomic mass is 16.5. The van der Waals surface area contributed by atoms with Gasteiger partial charge in [-0.25, -0.2) is 9.59 Å². The van der Waals surface area contributed by atoms with E-state index in [0.717, 1.165) is 63.5 Å². The van der Waals surface area contributed by atoms with Crippen molar-refractivity contribution in [3.8, 4) is 0 Å². The van der Waals surface area contributed by atoms with Gasteiger partial charge in [-0.1, -0.05) is 66.2 Å². The fourth-order valence-corrected chi connectivity index (χ4v) is 2.81. The van der Waals surface area contributed by atoms with Crippen molar-refractivity contribution >= 4 is 11.9 Å². The van der Waals surface area contributed by atoms with E-state index in [2.05, 4.69) is 27.7 Å². The van der Waals surface area contributed by atoms with E-state index in [-0.39, 0.29) is 0 Å². The second-order valence-corrected chi connectivity index (χ2v) is 6.37. The Labute approximate surface area is 148 Å². The van der Waals surface area contributed by atoms with Crippen molar-refractivity contribution in [1.29, 1.82) is 0 Å². The van der Waals surface area contributed by atoms with Crippen molar-refractivity contribution in [1.82, 2.24) is 0 Å². The van der Waals surface area contributed by atoms with Crippen LogP contribution in [0.2, 0.25) is 0 Å². The summed E-state index contributed by atoms with van der Waals surface area (Å²) in [7, 11) is 0. The van der Waals surface area contributed by atoms with Crippen molar-refractivity contribution in [2.24, 2.45) is 11.8 Å². The van der Waals surface area contributed by atoms with Gasteiger partial charge in [0.1, 0.15) is 0 Å². The second-order valence-electron chi connectivity index (χ2n) is 6.37. The first-order valence-corrected chi connectivity index (χ1v) is 9.58. The molecule has 2 unspecified atom stereocenters. The molecule has 0 radical (unpaired) electrons. The Bertz CT molecular complexity index is 329. The predicted octanol–water partition coefficient (Wildman–Crippen LogP) is 5.06. The smallest absolute Gasteiger partial charge is 0.331 e. The minimum atomic E-state index is -0.476. The van der Waals surface area contributed by atoms with Crippen LogP contribution < -0.4 is 0 Å². The number of hydrogen-bond donors (Lipinski definition) is 0. The van der Waals surface area contributed by atoms with Crippen LogP contribution in [0.25, 0.3) is 0 Å². The molecule has 0 N–H and O–H groups in total. The molecule has 0 aliphatic rings. The fraction of sp³-hybridized carbons (Fsp3) is 0.800. The zero-order valence-electron chi connectivity index (χ0n) is 16.0. The van der Waals surface area contributed by atoms with Gasteiger partial charge in [0, 0.05) is 12.2 Å². The summed E-state index contributed by atoms with van der Waals surface area (Å²) in [4.78, 5) is 23.1. The van der Waals surface area contributed by atoms with Gasteiger partial charge in [0.2, 0.25) is 0 Å². The standard InChI is InChI=1S/C20H36O4/c1-5-9-17(7-3)13-15-23-19(21)11-12-20(22)24-16-14-18(8-4)10-6-2/h11-12,17-18H,5-10,13-16H2,1-4H3/b12-11+. The molecule has 0 aromatic rings. The van der Waals surface area contributed by atoms with E-state index >= 15 is 0 Å². The molecule has 0 heterocycles. The molecular formula is C20H36O4. The Morgan fingerprint density at radius 1 is 0.708 bits per heavy atom. The largest absolute Gasteiger partial charge is 0.463 e. The molecule has 0 fully saturated rings. The third-order valence-corrected chi connectivity index (χ3v) is 4.44. The molecule has 0 amide bonds. The van der Waals surface area contributed by atoms with Gasteiger partial charge in [0.25, 0.3) is 0 Å². The Morgan fingerprint density at radius 2 is 1.08 bits per heavy atom. The van der Waals surface area contributed by atoms with Crippen LogP contribution in [0.5, 0.6) is 0 Å². The molecule has 140 valence electrons. The van der Waals surface area contributed by atoms with E-state index in [1.165, 1.54) is 0 Å². The maximum absolute atomic E-state index is 11.6. The monoisotopic (exact) mass is 340 g/mol. The lowest BCUT2D eigenvalue weighted by atomic mass is 9.98. The average molecular weight is 341 g/mol. The summed E-state index contributed by atoms with van der Waals surface area (Å²) in [5, 5.41) is 0. The van der Waals surface area contributed by atoms with Crippen molar-refractivity contribution in [3.63, 3.8) is 0 Å². The minimum absolute atomic E-state index is 0.409. The molecule has 0 aromatic heterocycles. The van der Waals surface area contributed by atoms with E-state index in [1.807, 2.05) is 0 Å². The molecule has 4 nitrogen and oxygen atoms in total. The van der Waals surface area contributed by atoms with Gasteiger partial charge in [-0.3, -0.25) is 0 Å². The molecule has 0 rings (SSSR count). The first-order valence-electron chi connectivity index (χ1n) is 9.58. The molecule has 0 saturated carbocycles. The first kappa shape index (κ1) is 22.7. The summed E-state index contributed by atoms with van der Waals surface area (Å²) in [5.74, 6) is 0.254. The number of hydrogen-bond acceptors (Lipinski definition) is 4. The lowest BCUT2D eigenvalue weighted by Crippen LogP contribution is -2.10. The number of carbonyl (C=O) groups is 2. The van der Waals surface area contributed by atoms with Crippen molar-refractivity contribution in [2.45, 2.75) is 79.1 Å². The lowest BCUT2D eigenvalue weighted by molar-refractivity contribution is -0.140. The first-order chi connectivity index (χ1) is 11.6. The molecule has 4 heteroatoms. The Morgan fingerprint density at radius 3 is 1.38 bits per heavy atom. The van der Waals surface area contributed by atoms with Gasteiger partial charge in [0.15, 0.2) is 0 Å². The second kappa shape index (κ2) is 15.2. The predicted molar refractivity (Wildman–Crippen MR) is 97.7 cm³/mol. The van der Waals surface area contributed by atoms with Crippen LogP contribution in [-0.2, 0) is 19.1 Å². The molecule has 0 aromatic carbocycles. The maximum Gasteiger partial charge on any atom is 0.331 e. The summed E-state index contributed by atoms with van der Waals surface area (Å²) in [5.41, 5.74) is 0. The SMILES string of the molecule is CCCC(CC)CCOC(=O)/C=C/C(=O)OCCC(CC)CCC. The van der Waals surface area contributed by atoms with Crippen LogP contribution in [-0.4, -0.2) is 25.2 Å². The minimum Gasteiger partial charge on any atom is -0.463 e. The van der Waals surface area contributed by atoms with Gasteiger partial charge >= 0.3 is 11.9 Å². The molecule has 2 atom stereocenters. The highest BCUT2D eigenvalue weighted by molar-refractivity contribution is 5.91. The molecule has 0 aliphatic carbocycles. The van der Waals surface area contributed by atoms with Crippen molar-refractivity contribution < 1.29 is 19.1 Å². The van der Waals surface area contributed by atoms with E-state index < -0.39 is 11.9 Å². The van der Waals surface area contributed by atoms with Crippen LogP contribution in [0.3, 0.4) is 0 Å². The summed E-state index contributed by atoms with van der Waals surface area (Å²) in [6.07, 6.45) is 10.9. The zero-order chi connectivity index (χ0) is 18.2. The maximum atomic E-state index is 11.6. The highest BCUT2D eigenvalue weighted by Gasteiger charge is 2.08. The number of esters is 2. The molecular weight excluding hydrogens is 304 g/mol. The highest BCUT2D eigenvalue weighted by Crippen LogP contribution is 2.15. The average Bonchev–Trinajstić information content (AvgIpc) is 2.58. The zero-order valence-corrected chi connectivity index (χ0v) is 16.0. The van der Waals surface area contributed by atoms with E-state index in [4.69, 9.17) is 9.47 Å². The Hall–Kier alpha value is -1.32. The van der Waals surface area contributed by atoms with Crippen LogP contribution in [0.1, 0.15) is 79.1 Å². The molecule has 0 spiro atoms. The summed E-state index contributed by atoms with van der Waals surface area (Å²) >= 11 is 0. The quantitative estimate of drug-likeness (QED) is 0.327. The van der Waals surface area contributed by atoms with Gasteiger partial charge in [0.05, 0.1) is 13.2 Å².